The van der Waals surface area contributed by atoms with Crippen LogP contribution in [0.2, 0.25) is 0 Å². The molecular formula is C10H19NO2. The fourth-order valence-electron chi connectivity index (χ4n) is 0.933. The topological polar surface area (TPSA) is 49.3 Å². The van der Waals surface area contributed by atoms with Crippen molar-refractivity contribution in [3.63, 3.8) is 0 Å². The van der Waals surface area contributed by atoms with Gasteiger partial charge in [0.05, 0.1) is 6.10 Å². The number of aliphatic hydroxyl groups is 1. The number of hydrogen-bond donors (Lipinski definition) is 2. The van der Waals surface area contributed by atoms with Crippen molar-refractivity contribution >= 4 is 5.91 Å². The first kappa shape index (κ1) is 12.2. The normalized spacial score (nSPS) is 14.0. The Morgan fingerprint density at radius 1 is 1.62 bits per heavy atom. The van der Waals surface area contributed by atoms with Crippen molar-refractivity contribution in [1.29, 1.82) is 0 Å². The van der Waals surface area contributed by atoms with Crippen LogP contribution >= 0.6 is 0 Å². The molecule has 0 saturated heterocycles. The molecule has 2 N–H and O–H groups in total. The first-order valence-electron chi connectivity index (χ1n) is 4.71. The zero-order chi connectivity index (χ0) is 10.3. The third kappa shape index (κ3) is 6.34. The second kappa shape index (κ2) is 6.66. The summed E-state index contributed by atoms with van der Waals surface area (Å²) in [7, 11) is 0. The average Bonchev–Trinajstić information content (AvgIpc) is 2.04. The van der Waals surface area contributed by atoms with Gasteiger partial charge in [-0.3, -0.25) is 4.79 Å². The molecule has 1 unspecified atom stereocenters. The van der Waals surface area contributed by atoms with Crippen molar-refractivity contribution < 1.29 is 9.90 Å². The number of carbonyl (C=O) groups excluding carboxylic acids is 1. The highest BCUT2D eigenvalue weighted by Gasteiger charge is 2.02. The Kier molecular flexibility index (Phi) is 6.24. The van der Waals surface area contributed by atoms with Gasteiger partial charge in [-0.15, -0.1) is 0 Å². The summed E-state index contributed by atoms with van der Waals surface area (Å²) < 4.78 is 0. The van der Waals surface area contributed by atoms with Gasteiger partial charge in [-0.2, -0.15) is 0 Å². The molecule has 1 atom stereocenters. The molecule has 0 spiro atoms. The van der Waals surface area contributed by atoms with Crippen LogP contribution in [0.5, 0.6) is 0 Å². The molecular weight excluding hydrogens is 166 g/mol. The lowest BCUT2D eigenvalue weighted by molar-refractivity contribution is -0.117. The summed E-state index contributed by atoms with van der Waals surface area (Å²) in [4.78, 5) is 11.3. The molecule has 3 heteroatoms. The minimum Gasteiger partial charge on any atom is -0.393 e. The molecule has 13 heavy (non-hydrogen) atoms. The number of hydrogen-bond acceptors (Lipinski definition) is 2. The van der Waals surface area contributed by atoms with Gasteiger partial charge < -0.3 is 10.4 Å². The molecule has 0 radical (unpaired) electrons. The van der Waals surface area contributed by atoms with Gasteiger partial charge in [-0.1, -0.05) is 13.0 Å². The molecule has 0 aliphatic rings. The lowest BCUT2D eigenvalue weighted by Gasteiger charge is -2.06. The van der Waals surface area contributed by atoms with Gasteiger partial charge in [0.2, 0.25) is 5.91 Å². The molecule has 0 aromatic rings. The van der Waals surface area contributed by atoms with Crippen molar-refractivity contribution in [2.75, 3.05) is 6.54 Å². The number of carbonyl (C=O) groups is 1. The molecule has 0 bridgehead atoms. The van der Waals surface area contributed by atoms with E-state index in [2.05, 4.69) is 5.32 Å². The summed E-state index contributed by atoms with van der Waals surface area (Å²) in [6.45, 7) is 6.03. The number of rotatable bonds is 5. The smallest absolute Gasteiger partial charge is 0.246 e. The fourth-order valence-corrected chi connectivity index (χ4v) is 0.933. The minimum atomic E-state index is -0.351. The molecule has 0 saturated carbocycles. The standard InChI is InChI=1S/C10H19NO2/c1-4-5-8(2)10(13)11-7-6-9(3)12/h5,9,12H,4,6-7H2,1-3H3,(H,11,13). The third-order valence-electron chi connectivity index (χ3n) is 1.72. The predicted octanol–water partition coefficient (Wildman–Crippen LogP) is 1.23. The van der Waals surface area contributed by atoms with E-state index in [0.29, 0.717) is 13.0 Å². The molecule has 1 amide bonds. The maximum Gasteiger partial charge on any atom is 0.246 e. The number of amides is 1. The van der Waals surface area contributed by atoms with Crippen LogP contribution in [0.4, 0.5) is 0 Å². The zero-order valence-corrected chi connectivity index (χ0v) is 8.63. The molecule has 76 valence electrons. The highest BCUT2D eigenvalue weighted by Crippen LogP contribution is 1.95. The summed E-state index contributed by atoms with van der Waals surface area (Å²) in [5.74, 6) is -0.0394. The second-order valence-corrected chi connectivity index (χ2v) is 3.19. The third-order valence-corrected chi connectivity index (χ3v) is 1.72. The Morgan fingerprint density at radius 3 is 2.69 bits per heavy atom. The molecule has 0 aliphatic heterocycles. The van der Waals surface area contributed by atoms with E-state index in [1.807, 2.05) is 13.0 Å². The van der Waals surface area contributed by atoms with Gasteiger partial charge in [0.15, 0.2) is 0 Å². The van der Waals surface area contributed by atoms with E-state index in [1.165, 1.54) is 0 Å². The first-order chi connectivity index (χ1) is 6.07. The van der Waals surface area contributed by atoms with Crippen molar-refractivity contribution in [3.8, 4) is 0 Å². The molecule has 0 heterocycles. The molecule has 3 nitrogen and oxygen atoms in total. The Bertz CT molecular complexity index is 185. The van der Waals surface area contributed by atoms with E-state index in [9.17, 15) is 4.79 Å². The SMILES string of the molecule is CCC=C(C)C(=O)NCCC(C)O. The first-order valence-corrected chi connectivity index (χ1v) is 4.71. The van der Waals surface area contributed by atoms with E-state index in [-0.39, 0.29) is 12.0 Å². The monoisotopic (exact) mass is 185 g/mol. The van der Waals surface area contributed by atoms with Gasteiger partial charge in [0.25, 0.3) is 0 Å². The molecule has 0 aromatic heterocycles. The predicted molar refractivity (Wildman–Crippen MR) is 53.4 cm³/mol. The Morgan fingerprint density at radius 2 is 2.23 bits per heavy atom. The average molecular weight is 185 g/mol. The zero-order valence-electron chi connectivity index (χ0n) is 8.63. The maximum absolute atomic E-state index is 11.3. The van der Waals surface area contributed by atoms with Crippen LogP contribution in [0.1, 0.15) is 33.6 Å². The van der Waals surface area contributed by atoms with Crippen LogP contribution in [-0.2, 0) is 4.79 Å². The van der Waals surface area contributed by atoms with E-state index < -0.39 is 0 Å². The maximum atomic E-state index is 11.3. The lowest BCUT2D eigenvalue weighted by atomic mass is 10.2. The Hall–Kier alpha value is -0.830. The van der Waals surface area contributed by atoms with E-state index in [1.54, 1.807) is 13.8 Å². The quantitative estimate of drug-likeness (QED) is 0.633. The molecule has 0 fully saturated rings. The number of nitrogens with one attached hydrogen (secondary N) is 1. The van der Waals surface area contributed by atoms with E-state index in [0.717, 1.165) is 12.0 Å². The van der Waals surface area contributed by atoms with Gasteiger partial charge in [0, 0.05) is 12.1 Å². The van der Waals surface area contributed by atoms with Gasteiger partial charge in [-0.25, -0.2) is 0 Å². The van der Waals surface area contributed by atoms with Crippen LogP contribution in [0.25, 0.3) is 0 Å². The van der Waals surface area contributed by atoms with Crippen LogP contribution < -0.4 is 5.32 Å². The van der Waals surface area contributed by atoms with E-state index >= 15 is 0 Å². The van der Waals surface area contributed by atoms with Gasteiger partial charge in [-0.05, 0) is 26.7 Å². The van der Waals surface area contributed by atoms with Crippen LogP contribution in [0.15, 0.2) is 11.6 Å². The second-order valence-electron chi connectivity index (χ2n) is 3.19. The molecule has 0 aromatic carbocycles. The lowest BCUT2D eigenvalue weighted by Crippen LogP contribution is -2.27. The molecule has 0 rings (SSSR count). The van der Waals surface area contributed by atoms with Gasteiger partial charge in [0.1, 0.15) is 0 Å². The largest absolute Gasteiger partial charge is 0.393 e. The highest BCUT2D eigenvalue weighted by atomic mass is 16.3. The van der Waals surface area contributed by atoms with Crippen LogP contribution in [-0.4, -0.2) is 23.7 Å². The van der Waals surface area contributed by atoms with Crippen LogP contribution in [0, 0.1) is 0 Å². The summed E-state index contributed by atoms with van der Waals surface area (Å²) >= 11 is 0. The fraction of sp³-hybridized carbons (Fsp3) is 0.700. The van der Waals surface area contributed by atoms with E-state index in [4.69, 9.17) is 5.11 Å². The summed E-state index contributed by atoms with van der Waals surface area (Å²) in [5, 5.41) is 11.7. The van der Waals surface area contributed by atoms with Crippen molar-refractivity contribution in [3.05, 3.63) is 11.6 Å². The van der Waals surface area contributed by atoms with Crippen molar-refractivity contribution in [2.45, 2.75) is 39.7 Å². The minimum absolute atomic E-state index is 0.0394. The molecule has 0 aliphatic carbocycles. The van der Waals surface area contributed by atoms with Crippen molar-refractivity contribution in [1.82, 2.24) is 5.32 Å². The Labute approximate surface area is 79.8 Å². The van der Waals surface area contributed by atoms with Crippen LogP contribution in [0.3, 0.4) is 0 Å². The number of allylic oxidation sites excluding steroid dienone is 1. The summed E-state index contributed by atoms with van der Waals surface area (Å²) in [5.41, 5.74) is 0.744. The van der Waals surface area contributed by atoms with Crippen molar-refractivity contribution in [2.24, 2.45) is 0 Å². The number of aliphatic hydroxyl groups excluding tert-OH is 1. The summed E-state index contributed by atoms with van der Waals surface area (Å²) in [6, 6.07) is 0. The van der Waals surface area contributed by atoms with Gasteiger partial charge >= 0.3 is 0 Å². The summed E-state index contributed by atoms with van der Waals surface area (Å²) in [6.07, 6.45) is 3.01. The highest BCUT2D eigenvalue weighted by molar-refractivity contribution is 5.92. The Balaban J connectivity index is 3.69.